The first-order chi connectivity index (χ1) is 8.65. The van der Waals surface area contributed by atoms with Crippen LogP contribution in [0.15, 0.2) is 12.7 Å². The Balaban J connectivity index is 2.50. The van der Waals surface area contributed by atoms with Crippen LogP contribution in [0, 0.1) is 0 Å². The van der Waals surface area contributed by atoms with E-state index in [0.717, 1.165) is 25.7 Å². The molecule has 102 valence electrons. The average molecular weight is 254 g/mol. The molecule has 0 bridgehead atoms. The van der Waals surface area contributed by atoms with E-state index in [2.05, 4.69) is 11.9 Å². The highest BCUT2D eigenvalue weighted by Gasteiger charge is 2.22. The second-order valence-corrected chi connectivity index (χ2v) is 4.62. The molecule has 1 saturated heterocycles. The van der Waals surface area contributed by atoms with E-state index in [0.29, 0.717) is 13.1 Å². The lowest BCUT2D eigenvalue weighted by Crippen LogP contribution is -2.48. The number of carbonyl (C=O) groups is 2. The molecule has 0 saturated carbocycles. The van der Waals surface area contributed by atoms with E-state index in [1.807, 2.05) is 0 Å². The highest BCUT2D eigenvalue weighted by molar-refractivity contribution is 5.82. The Labute approximate surface area is 108 Å². The first-order valence-electron chi connectivity index (χ1n) is 6.54. The van der Waals surface area contributed by atoms with Crippen molar-refractivity contribution in [2.45, 2.75) is 44.6 Å². The quantitative estimate of drug-likeness (QED) is 0.754. The van der Waals surface area contributed by atoms with E-state index in [9.17, 15) is 9.59 Å². The Morgan fingerprint density at radius 1 is 1.22 bits per heavy atom. The molecular weight excluding hydrogens is 232 g/mol. The van der Waals surface area contributed by atoms with Gasteiger partial charge in [0.05, 0.1) is 0 Å². The molecule has 0 aromatic carbocycles. The molecule has 2 amide bonds. The fourth-order valence-corrected chi connectivity index (χ4v) is 2.08. The molecule has 2 N–H and O–H groups in total. The van der Waals surface area contributed by atoms with Crippen molar-refractivity contribution in [3.63, 3.8) is 0 Å². The SMILES string of the molecule is C=CCC(NC(=O)N1CCCCCCC1)C(=O)O. The van der Waals surface area contributed by atoms with Gasteiger partial charge < -0.3 is 15.3 Å². The lowest BCUT2D eigenvalue weighted by molar-refractivity contribution is -0.139. The molecule has 0 aromatic rings. The predicted molar refractivity (Wildman–Crippen MR) is 69.4 cm³/mol. The molecule has 0 aromatic heterocycles. The summed E-state index contributed by atoms with van der Waals surface area (Å²) in [7, 11) is 0. The number of hydrogen-bond donors (Lipinski definition) is 2. The van der Waals surface area contributed by atoms with Crippen molar-refractivity contribution >= 4 is 12.0 Å². The second kappa shape index (κ2) is 7.74. The molecule has 1 atom stereocenters. The highest BCUT2D eigenvalue weighted by Crippen LogP contribution is 2.10. The molecule has 5 heteroatoms. The molecule has 0 radical (unpaired) electrons. The predicted octanol–water partition coefficient (Wildman–Crippen LogP) is 1.99. The third-order valence-electron chi connectivity index (χ3n) is 3.14. The Hall–Kier alpha value is -1.52. The number of nitrogens with one attached hydrogen (secondary N) is 1. The van der Waals surface area contributed by atoms with Crippen molar-refractivity contribution in [3.8, 4) is 0 Å². The van der Waals surface area contributed by atoms with Crippen molar-refractivity contribution in [1.29, 1.82) is 0 Å². The monoisotopic (exact) mass is 254 g/mol. The van der Waals surface area contributed by atoms with Gasteiger partial charge >= 0.3 is 12.0 Å². The number of urea groups is 1. The molecule has 1 heterocycles. The number of hydrogen-bond acceptors (Lipinski definition) is 2. The summed E-state index contributed by atoms with van der Waals surface area (Å²) in [6.07, 6.45) is 7.24. The van der Waals surface area contributed by atoms with Crippen LogP contribution in [-0.4, -0.2) is 41.1 Å². The minimum absolute atomic E-state index is 0.245. The third kappa shape index (κ3) is 4.77. The first kappa shape index (κ1) is 14.5. The first-order valence-corrected chi connectivity index (χ1v) is 6.54. The summed E-state index contributed by atoms with van der Waals surface area (Å²) in [5.41, 5.74) is 0. The zero-order chi connectivity index (χ0) is 13.4. The summed E-state index contributed by atoms with van der Waals surface area (Å²) >= 11 is 0. The van der Waals surface area contributed by atoms with Gasteiger partial charge in [0.2, 0.25) is 0 Å². The molecule has 5 nitrogen and oxygen atoms in total. The van der Waals surface area contributed by atoms with Gasteiger partial charge in [-0.25, -0.2) is 9.59 Å². The summed E-state index contributed by atoms with van der Waals surface area (Å²) in [5, 5.41) is 11.5. The van der Waals surface area contributed by atoms with Crippen LogP contribution in [-0.2, 0) is 4.79 Å². The minimum atomic E-state index is -1.02. The van der Waals surface area contributed by atoms with Crippen LogP contribution in [0.25, 0.3) is 0 Å². The van der Waals surface area contributed by atoms with Gasteiger partial charge in [0.15, 0.2) is 0 Å². The van der Waals surface area contributed by atoms with Crippen LogP contribution >= 0.6 is 0 Å². The van der Waals surface area contributed by atoms with Gasteiger partial charge in [-0.3, -0.25) is 0 Å². The fraction of sp³-hybridized carbons (Fsp3) is 0.692. The van der Waals surface area contributed by atoms with Gasteiger partial charge in [0, 0.05) is 13.1 Å². The van der Waals surface area contributed by atoms with Gasteiger partial charge in [0.25, 0.3) is 0 Å². The number of rotatable bonds is 4. The zero-order valence-electron chi connectivity index (χ0n) is 10.7. The van der Waals surface area contributed by atoms with Crippen molar-refractivity contribution in [3.05, 3.63) is 12.7 Å². The van der Waals surface area contributed by atoms with Crippen LogP contribution in [0.2, 0.25) is 0 Å². The zero-order valence-corrected chi connectivity index (χ0v) is 10.7. The van der Waals surface area contributed by atoms with Crippen LogP contribution in [0.3, 0.4) is 0 Å². The van der Waals surface area contributed by atoms with Gasteiger partial charge in [-0.2, -0.15) is 0 Å². The molecule has 18 heavy (non-hydrogen) atoms. The number of amides is 2. The number of carbonyl (C=O) groups excluding carboxylic acids is 1. The smallest absolute Gasteiger partial charge is 0.326 e. The summed E-state index contributed by atoms with van der Waals surface area (Å²) in [5.74, 6) is -1.02. The van der Waals surface area contributed by atoms with Gasteiger partial charge in [-0.1, -0.05) is 25.3 Å². The lowest BCUT2D eigenvalue weighted by atomic mass is 10.1. The molecule has 1 unspecified atom stereocenters. The van der Waals surface area contributed by atoms with E-state index in [-0.39, 0.29) is 12.5 Å². The number of carboxylic acids is 1. The lowest BCUT2D eigenvalue weighted by Gasteiger charge is -2.26. The summed E-state index contributed by atoms with van der Waals surface area (Å²) < 4.78 is 0. The Morgan fingerprint density at radius 3 is 2.28 bits per heavy atom. The standard InChI is InChI=1S/C13H22N2O3/c1-2-8-11(12(16)17)14-13(18)15-9-6-4-3-5-7-10-15/h2,11H,1,3-10H2,(H,14,18)(H,16,17). The molecule has 1 aliphatic rings. The number of nitrogens with zero attached hydrogens (tertiary/aromatic N) is 1. The van der Waals surface area contributed by atoms with Crippen LogP contribution in [0.4, 0.5) is 4.79 Å². The molecule has 0 spiro atoms. The van der Waals surface area contributed by atoms with E-state index in [1.165, 1.54) is 12.5 Å². The third-order valence-corrected chi connectivity index (χ3v) is 3.14. The van der Waals surface area contributed by atoms with Crippen molar-refractivity contribution in [2.75, 3.05) is 13.1 Å². The van der Waals surface area contributed by atoms with E-state index < -0.39 is 12.0 Å². The average Bonchev–Trinajstić information content (AvgIpc) is 2.27. The van der Waals surface area contributed by atoms with Gasteiger partial charge in [-0.05, 0) is 19.3 Å². The summed E-state index contributed by atoms with van der Waals surface area (Å²) in [6, 6.07) is -1.15. The van der Waals surface area contributed by atoms with Crippen LogP contribution in [0.1, 0.15) is 38.5 Å². The van der Waals surface area contributed by atoms with Crippen molar-refractivity contribution in [1.82, 2.24) is 10.2 Å². The molecule has 1 fully saturated rings. The molecule has 1 aliphatic heterocycles. The Bertz CT molecular complexity index is 297. The second-order valence-electron chi connectivity index (χ2n) is 4.62. The number of carboxylic acid groups (broad SMARTS) is 1. The summed E-state index contributed by atoms with van der Waals surface area (Å²) in [6.45, 7) is 4.93. The topological polar surface area (TPSA) is 69.6 Å². The maximum absolute atomic E-state index is 12.0. The Morgan fingerprint density at radius 2 is 1.78 bits per heavy atom. The van der Waals surface area contributed by atoms with Crippen LogP contribution < -0.4 is 5.32 Å². The number of likely N-dealkylation sites (tertiary alicyclic amines) is 1. The molecule has 1 rings (SSSR count). The van der Waals surface area contributed by atoms with Gasteiger partial charge in [-0.15, -0.1) is 6.58 Å². The maximum atomic E-state index is 12.0. The van der Waals surface area contributed by atoms with Crippen LogP contribution in [0.5, 0.6) is 0 Å². The van der Waals surface area contributed by atoms with E-state index in [4.69, 9.17) is 5.11 Å². The highest BCUT2D eigenvalue weighted by atomic mass is 16.4. The maximum Gasteiger partial charge on any atom is 0.326 e. The normalized spacial score (nSPS) is 18.3. The van der Waals surface area contributed by atoms with Crippen molar-refractivity contribution < 1.29 is 14.7 Å². The fourth-order valence-electron chi connectivity index (χ4n) is 2.08. The van der Waals surface area contributed by atoms with Crippen molar-refractivity contribution in [2.24, 2.45) is 0 Å². The van der Waals surface area contributed by atoms with E-state index in [1.54, 1.807) is 4.90 Å². The molecule has 0 aliphatic carbocycles. The Kier molecular flexibility index (Phi) is 6.25. The number of aliphatic carboxylic acids is 1. The van der Waals surface area contributed by atoms with Gasteiger partial charge in [0.1, 0.15) is 6.04 Å². The van der Waals surface area contributed by atoms with E-state index >= 15 is 0 Å². The largest absolute Gasteiger partial charge is 0.480 e. The minimum Gasteiger partial charge on any atom is -0.480 e. The summed E-state index contributed by atoms with van der Waals surface area (Å²) in [4.78, 5) is 24.6. The molecular formula is C13H22N2O3.